The largest absolute Gasteiger partial charge is 0.242 e. The van der Waals surface area contributed by atoms with Crippen LogP contribution in [0, 0.1) is 11.5 Å². The van der Waals surface area contributed by atoms with E-state index in [9.17, 15) is 4.21 Å². The second kappa shape index (κ2) is 6.36. The number of hydrogen-bond donors (Lipinski definition) is 1. The van der Waals surface area contributed by atoms with Crippen molar-refractivity contribution in [1.82, 2.24) is 4.72 Å². The first kappa shape index (κ1) is 16.6. The van der Waals surface area contributed by atoms with Crippen LogP contribution in [0.15, 0.2) is 17.5 Å². The van der Waals surface area contributed by atoms with Gasteiger partial charge in [0.1, 0.15) is 14.1 Å². The van der Waals surface area contributed by atoms with E-state index in [4.69, 9.17) is 0 Å². The zero-order valence-electron chi connectivity index (χ0n) is 12.5. The second-order valence-corrected chi connectivity index (χ2v) is 14.2. The molecule has 0 saturated heterocycles. The summed E-state index contributed by atoms with van der Waals surface area (Å²) in [5.41, 5.74) is 3.37. The van der Waals surface area contributed by atoms with Crippen molar-refractivity contribution in [2.75, 3.05) is 0 Å². The molecule has 0 saturated carbocycles. The molecule has 2 atom stereocenters. The van der Waals surface area contributed by atoms with Crippen LogP contribution in [0.2, 0.25) is 19.6 Å². The molecule has 0 radical (unpaired) electrons. The summed E-state index contributed by atoms with van der Waals surface area (Å²) in [6, 6.07) is 3.91. The van der Waals surface area contributed by atoms with Gasteiger partial charge >= 0.3 is 0 Å². The van der Waals surface area contributed by atoms with Gasteiger partial charge in [-0.05, 0) is 32.2 Å². The fraction of sp³-hybridized carbons (Fsp3) is 0.571. The van der Waals surface area contributed by atoms with E-state index in [1.165, 1.54) is 0 Å². The van der Waals surface area contributed by atoms with E-state index in [0.717, 1.165) is 4.88 Å². The van der Waals surface area contributed by atoms with Gasteiger partial charge in [0.2, 0.25) is 0 Å². The average molecular weight is 314 g/mol. The van der Waals surface area contributed by atoms with E-state index < -0.39 is 19.1 Å². The summed E-state index contributed by atoms with van der Waals surface area (Å²) in [5, 5.41) is 2.03. The molecule has 19 heavy (non-hydrogen) atoms. The van der Waals surface area contributed by atoms with Crippen LogP contribution < -0.4 is 4.72 Å². The Hall–Kier alpha value is -0.413. The predicted molar refractivity (Wildman–Crippen MR) is 89.2 cm³/mol. The Bertz CT molecular complexity index is 486. The molecule has 0 amide bonds. The molecule has 1 rings (SSSR count). The maximum atomic E-state index is 12.2. The molecule has 5 heteroatoms. The summed E-state index contributed by atoms with van der Waals surface area (Å²) in [6.07, 6.45) is 0. The van der Waals surface area contributed by atoms with Crippen molar-refractivity contribution < 1.29 is 4.21 Å². The van der Waals surface area contributed by atoms with Crippen LogP contribution in [0.4, 0.5) is 0 Å². The first-order valence-electron chi connectivity index (χ1n) is 6.34. The monoisotopic (exact) mass is 313 g/mol. The molecule has 0 unspecified atom stereocenters. The van der Waals surface area contributed by atoms with Crippen LogP contribution in [-0.2, 0) is 11.0 Å². The van der Waals surface area contributed by atoms with Gasteiger partial charge in [0.25, 0.3) is 0 Å². The van der Waals surface area contributed by atoms with Crippen LogP contribution in [0.25, 0.3) is 0 Å². The van der Waals surface area contributed by atoms with Gasteiger partial charge in [0, 0.05) is 4.88 Å². The van der Waals surface area contributed by atoms with Crippen LogP contribution in [0.3, 0.4) is 0 Å². The first-order valence-corrected chi connectivity index (χ1v) is 11.9. The summed E-state index contributed by atoms with van der Waals surface area (Å²) in [6.45, 7) is 12.5. The Balaban J connectivity index is 2.95. The van der Waals surface area contributed by atoms with Crippen molar-refractivity contribution in [2.45, 2.75) is 51.2 Å². The lowest BCUT2D eigenvalue weighted by molar-refractivity contribution is 0.630. The van der Waals surface area contributed by atoms with Crippen LogP contribution in [-0.4, -0.2) is 17.0 Å². The molecule has 0 aliphatic heterocycles. The van der Waals surface area contributed by atoms with Crippen molar-refractivity contribution >= 4 is 30.4 Å². The van der Waals surface area contributed by atoms with Gasteiger partial charge in [-0.3, -0.25) is 0 Å². The highest BCUT2D eigenvalue weighted by molar-refractivity contribution is 7.84. The zero-order valence-corrected chi connectivity index (χ0v) is 15.2. The first-order chi connectivity index (χ1) is 8.59. The molecule has 2 nitrogen and oxygen atoms in total. The number of rotatable bonds is 3. The quantitative estimate of drug-likeness (QED) is 0.669. The molecule has 0 aromatic carbocycles. The average Bonchev–Trinajstić information content (AvgIpc) is 2.74. The summed E-state index contributed by atoms with van der Waals surface area (Å²) >= 11 is 1.65. The summed E-state index contributed by atoms with van der Waals surface area (Å²) in [5.74, 6) is 3.28. The minimum Gasteiger partial charge on any atom is -0.242 e. The van der Waals surface area contributed by atoms with E-state index >= 15 is 0 Å². The van der Waals surface area contributed by atoms with Gasteiger partial charge < -0.3 is 0 Å². The molecule has 106 valence electrons. The Morgan fingerprint density at radius 2 is 2.00 bits per heavy atom. The highest BCUT2D eigenvalue weighted by atomic mass is 32.2. The SMILES string of the molecule is CC(C)(C)[S@@](=O)N[C@@H](C#C[Si](C)(C)C)c1cccs1. The summed E-state index contributed by atoms with van der Waals surface area (Å²) in [7, 11) is -2.54. The fourth-order valence-corrected chi connectivity index (χ4v) is 3.32. The maximum Gasteiger partial charge on any atom is 0.129 e. The lowest BCUT2D eigenvalue weighted by atomic mass is 10.3. The summed E-state index contributed by atoms with van der Waals surface area (Å²) in [4.78, 5) is 1.13. The Kier molecular flexibility index (Phi) is 5.57. The smallest absolute Gasteiger partial charge is 0.129 e. The third-order valence-electron chi connectivity index (χ3n) is 2.20. The Morgan fingerprint density at radius 3 is 2.42 bits per heavy atom. The Morgan fingerprint density at radius 1 is 1.37 bits per heavy atom. The number of thiophene rings is 1. The predicted octanol–water partition coefficient (Wildman–Crippen LogP) is 3.72. The molecule has 1 aromatic rings. The molecule has 1 N–H and O–H groups in total. The third kappa shape index (κ3) is 6.04. The highest BCUT2D eigenvalue weighted by Crippen LogP contribution is 2.21. The van der Waals surface area contributed by atoms with Crippen molar-refractivity contribution in [1.29, 1.82) is 0 Å². The fourth-order valence-electron chi connectivity index (χ4n) is 1.19. The zero-order chi connectivity index (χ0) is 14.7. The molecule has 0 spiro atoms. The standard InChI is InChI=1S/C14H23NOS2Si/c1-14(2,3)18(16)15-12(9-11-19(4,5)6)13-8-7-10-17-13/h7-8,10,12,15H,1-6H3/t12-,18+/m0/s1. The molecule has 0 fully saturated rings. The second-order valence-electron chi connectivity index (χ2n) is 6.47. The number of nitrogens with one attached hydrogen (secondary N) is 1. The van der Waals surface area contributed by atoms with E-state index in [0.29, 0.717) is 0 Å². The topological polar surface area (TPSA) is 29.1 Å². The van der Waals surface area contributed by atoms with Gasteiger partial charge in [0.05, 0.1) is 15.7 Å². The summed E-state index contributed by atoms with van der Waals surface area (Å²) < 4.78 is 15.1. The van der Waals surface area contributed by atoms with Gasteiger partial charge in [0.15, 0.2) is 0 Å². The van der Waals surface area contributed by atoms with E-state index in [2.05, 4.69) is 35.8 Å². The number of hydrogen-bond acceptors (Lipinski definition) is 2. The Labute approximate surface area is 124 Å². The molecular formula is C14H23NOS2Si. The molecule has 0 bridgehead atoms. The van der Waals surface area contributed by atoms with Crippen molar-refractivity contribution in [3.05, 3.63) is 22.4 Å². The van der Waals surface area contributed by atoms with Crippen molar-refractivity contribution in [3.8, 4) is 11.5 Å². The van der Waals surface area contributed by atoms with Gasteiger partial charge in [-0.1, -0.05) is 31.6 Å². The van der Waals surface area contributed by atoms with Crippen molar-refractivity contribution in [3.63, 3.8) is 0 Å². The lowest BCUT2D eigenvalue weighted by Gasteiger charge is -2.21. The normalized spacial score (nSPS) is 15.5. The van der Waals surface area contributed by atoms with Crippen LogP contribution in [0.1, 0.15) is 31.7 Å². The van der Waals surface area contributed by atoms with Crippen molar-refractivity contribution in [2.24, 2.45) is 0 Å². The maximum absolute atomic E-state index is 12.2. The van der Waals surface area contributed by atoms with E-state index in [1.54, 1.807) is 11.3 Å². The van der Waals surface area contributed by atoms with Gasteiger partial charge in [-0.15, -0.1) is 16.9 Å². The van der Waals surface area contributed by atoms with Gasteiger partial charge in [-0.25, -0.2) is 8.93 Å². The third-order valence-corrected chi connectivity index (χ3v) is 5.59. The lowest BCUT2D eigenvalue weighted by Crippen LogP contribution is -2.35. The highest BCUT2D eigenvalue weighted by Gasteiger charge is 2.23. The molecule has 0 aliphatic carbocycles. The molecular weight excluding hydrogens is 290 g/mol. The van der Waals surface area contributed by atoms with Crippen LogP contribution >= 0.6 is 11.3 Å². The van der Waals surface area contributed by atoms with E-state index in [1.807, 2.05) is 38.3 Å². The van der Waals surface area contributed by atoms with Gasteiger partial charge in [-0.2, -0.15) is 0 Å². The minimum atomic E-state index is -1.42. The minimum absolute atomic E-state index is 0.133. The molecule has 1 heterocycles. The molecule has 0 aliphatic rings. The molecule has 1 aromatic heterocycles. The van der Waals surface area contributed by atoms with Crippen LogP contribution in [0.5, 0.6) is 0 Å². The van der Waals surface area contributed by atoms with E-state index in [-0.39, 0.29) is 10.8 Å².